The van der Waals surface area contributed by atoms with E-state index in [9.17, 15) is 13.6 Å². The van der Waals surface area contributed by atoms with E-state index >= 15 is 0 Å². The molecule has 190 valence electrons. The molecule has 0 aliphatic carbocycles. The number of benzene rings is 3. The van der Waals surface area contributed by atoms with Gasteiger partial charge in [-0.25, -0.2) is 8.78 Å². The van der Waals surface area contributed by atoms with Crippen LogP contribution in [0.1, 0.15) is 24.2 Å². The zero-order valence-electron chi connectivity index (χ0n) is 20.1. The van der Waals surface area contributed by atoms with Crippen LogP contribution in [-0.2, 0) is 16.1 Å². The van der Waals surface area contributed by atoms with Crippen LogP contribution in [0.3, 0.4) is 0 Å². The average Bonchev–Trinajstić information content (AvgIpc) is 2.89. The quantitative estimate of drug-likeness (QED) is 0.379. The molecule has 36 heavy (non-hydrogen) atoms. The molecule has 1 aliphatic rings. The van der Waals surface area contributed by atoms with Crippen LogP contribution in [0.25, 0.3) is 0 Å². The number of hydrogen-bond donors (Lipinski definition) is 0. The zero-order chi connectivity index (χ0) is 25.5. The summed E-state index contributed by atoms with van der Waals surface area (Å²) < 4.78 is 40.1. The Hall–Kier alpha value is -3.00. The van der Waals surface area contributed by atoms with E-state index in [0.717, 1.165) is 5.56 Å². The Bertz CT molecular complexity index is 1120. The van der Waals surface area contributed by atoms with Gasteiger partial charge in [0.1, 0.15) is 17.4 Å². The van der Waals surface area contributed by atoms with E-state index in [1.54, 1.807) is 24.0 Å². The fourth-order valence-electron chi connectivity index (χ4n) is 4.18. The standard InChI is InChI=1S/C28H29ClF2N2O3/c1-20(36-23-6-3-2-4-7-23)28(34)33-16-14-32(15-17-33)18-27(21-10-12-22(29)13-11-21)35-19-24-25(30)8-5-9-26(24)31/h2-13,20,27H,14-19H2,1H3/t20-,27+/m0/s1. The molecule has 5 nitrogen and oxygen atoms in total. The van der Waals surface area contributed by atoms with Gasteiger partial charge in [-0.2, -0.15) is 0 Å². The van der Waals surface area contributed by atoms with Crippen molar-refractivity contribution < 1.29 is 23.0 Å². The molecule has 8 heteroatoms. The van der Waals surface area contributed by atoms with Gasteiger partial charge in [0.2, 0.25) is 0 Å². The van der Waals surface area contributed by atoms with Crippen molar-refractivity contribution in [3.8, 4) is 5.75 Å². The lowest BCUT2D eigenvalue weighted by Gasteiger charge is -2.37. The lowest BCUT2D eigenvalue weighted by atomic mass is 10.1. The van der Waals surface area contributed by atoms with Gasteiger partial charge in [-0.1, -0.05) is 48.0 Å². The number of amides is 1. The molecule has 0 saturated carbocycles. The minimum Gasteiger partial charge on any atom is -0.481 e. The first-order chi connectivity index (χ1) is 17.4. The molecule has 1 fully saturated rings. The predicted octanol–water partition coefficient (Wildman–Crippen LogP) is 5.49. The summed E-state index contributed by atoms with van der Waals surface area (Å²) in [6, 6.07) is 20.3. The summed E-state index contributed by atoms with van der Waals surface area (Å²) in [5.74, 6) is -0.669. The Kier molecular flexibility index (Phi) is 8.91. The highest BCUT2D eigenvalue weighted by Crippen LogP contribution is 2.25. The molecule has 1 heterocycles. The topological polar surface area (TPSA) is 42.0 Å². The van der Waals surface area contributed by atoms with Gasteiger partial charge in [0.05, 0.1) is 12.7 Å². The maximum Gasteiger partial charge on any atom is 0.263 e. The lowest BCUT2D eigenvalue weighted by Crippen LogP contribution is -2.52. The SMILES string of the molecule is C[C@H](Oc1ccccc1)C(=O)N1CCN(C[C@@H](OCc2c(F)cccc2F)c2ccc(Cl)cc2)CC1. The second kappa shape index (κ2) is 12.3. The molecule has 0 aromatic heterocycles. The molecule has 0 radical (unpaired) electrons. The highest BCUT2D eigenvalue weighted by molar-refractivity contribution is 6.30. The van der Waals surface area contributed by atoms with Crippen LogP contribution in [0.4, 0.5) is 8.78 Å². The van der Waals surface area contributed by atoms with Crippen LogP contribution in [0, 0.1) is 11.6 Å². The molecule has 0 spiro atoms. The summed E-state index contributed by atoms with van der Waals surface area (Å²) in [6.45, 7) is 4.46. The van der Waals surface area contributed by atoms with E-state index in [1.807, 2.05) is 42.5 Å². The number of carbonyl (C=O) groups excluding carboxylic acids is 1. The van der Waals surface area contributed by atoms with Gasteiger partial charge in [-0.05, 0) is 48.9 Å². The third-order valence-corrected chi connectivity index (χ3v) is 6.50. The van der Waals surface area contributed by atoms with Crippen molar-refractivity contribution in [2.45, 2.75) is 25.7 Å². The number of hydrogen-bond acceptors (Lipinski definition) is 4. The van der Waals surface area contributed by atoms with Crippen LogP contribution in [0.15, 0.2) is 72.8 Å². The Labute approximate surface area is 215 Å². The second-order valence-electron chi connectivity index (χ2n) is 8.75. The van der Waals surface area contributed by atoms with Gasteiger partial charge in [-0.3, -0.25) is 9.69 Å². The van der Waals surface area contributed by atoms with E-state index in [2.05, 4.69) is 4.90 Å². The summed E-state index contributed by atoms with van der Waals surface area (Å²) in [7, 11) is 0. The van der Waals surface area contributed by atoms with Crippen molar-refractivity contribution in [1.82, 2.24) is 9.80 Å². The first-order valence-corrected chi connectivity index (χ1v) is 12.3. The molecule has 2 atom stereocenters. The van der Waals surface area contributed by atoms with Gasteiger partial charge >= 0.3 is 0 Å². The summed E-state index contributed by atoms with van der Waals surface area (Å²) in [4.78, 5) is 16.9. The van der Waals surface area contributed by atoms with Crippen molar-refractivity contribution in [2.75, 3.05) is 32.7 Å². The molecular formula is C28H29ClF2N2O3. The third kappa shape index (κ3) is 6.81. The van der Waals surface area contributed by atoms with Crippen molar-refractivity contribution in [3.05, 3.63) is 101 Å². The molecule has 0 N–H and O–H groups in total. The summed E-state index contributed by atoms with van der Waals surface area (Å²) in [6.07, 6.45) is -1.01. The van der Waals surface area contributed by atoms with Gasteiger partial charge < -0.3 is 14.4 Å². The molecule has 1 saturated heterocycles. The van der Waals surface area contributed by atoms with Crippen molar-refractivity contribution in [3.63, 3.8) is 0 Å². The Balaban J connectivity index is 1.36. The Morgan fingerprint density at radius 2 is 1.56 bits per heavy atom. The molecule has 1 aliphatic heterocycles. The van der Waals surface area contributed by atoms with Crippen molar-refractivity contribution >= 4 is 17.5 Å². The fourth-order valence-corrected chi connectivity index (χ4v) is 4.31. The molecule has 4 rings (SSSR count). The first-order valence-electron chi connectivity index (χ1n) is 11.9. The van der Waals surface area contributed by atoms with E-state index < -0.39 is 23.8 Å². The van der Waals surface area contributed by atoms with Crippen molar-refractivity contribution in [2.24, 2.45) is 0 Å². The normalized spacial score (nSPS) is 15.9. The molecule has 3 aromatic carbocycles. The van der Waals surface area contributed by atoms with Gasteiger partial charge in [0.25, 0.3) is 5.91 Å². The number of halogens is 3. The second-order valence-corrected chi connectivity index (χ2v) is 9.19. The highest BCUT2D eigenvalue weighted by Gasteiger charge is 2.28. The number of nitrogens with zero attached hydrogens (tertiary/aromatic N) is 2. The van der Waals surface area contributed by atoms with Crippen LogP contribution in [-0.4, -0.2) is 54.5 Å². The minimum atomic E-state index is -0.635. The van der Waals surface area contributed by atoms with Crippen LogP contribution >= 0.6 is 11.6 Å². The smallest absolute Gasteiger partial charge is 0.263 e. The monoisotopic (exact) mass is 514 g/mol. The lowest BCUT2D eigenvalue weighted by molar-refractivity contribution is -0.140. The van der Waals surface area contributed by atoms with Gasteiger partial charge in [0.15, 0.2) is 6.10 Å². The molecule has 0 bridgehead atoms. The van der Waals surface area contributed by atoms with Crippen LogP contribution in [0.2, 0.25) is 5.02 Å². The van der Waals surface area contributed by atoms with Crippen LogP contribution < -0.4 is 4.74 Å². The molecular weight excluding hydrogens is 486 g/mol. The maximum absolute atomic E-state index is 14.1. The molecule has 1 amide bonds. The highest BCUT2D eigenvalue weighted by atomic mass is 35.5. The Morgan fingerprint density at radius 3 is 2.19 bits per heavy atom. The summed E-state index contributed by atoms with van der Waals surface area (Å²) >= 11 is 6.05. The fraction of sp³-hybridized carbons (Fsp3) is 0.321. The van der Waals surface area contributed by atoms with E-state index in [1.165, 1.54) is 18.2 Å². The number of ether oxygens (including phenoxy) is 2. The first kappa shape index (κ1) is 26.1. The summed E-state index contributed by atoms with van der Waals surface area (Å²) in [5, 5.41) is 0.594. The number of rotatable bonds is 9. The summed E-state index contributed by atoms with van der Waals surface area (Å²) in [5.41, 5.74) is 0.763. The Morgan fingerprint density at radius 1 is 0.917 bits per heavy atom. The predicted molar refractivity (Wildman–Crippen MR) is 135 cm³/mol. The van der Waals surface area contributed by atoms with E-state index in [4.69, 9.17) is 21.1 Å². The zero-order valence-corrected chi connectivity index (χ0v) is 20.8. The average molecular weight is 515 g/mol. The van der Waals surface area contributed by atoms with Gasteiger partial charge in [-0.15, -0.1) is 0 Å². The van der Waals surface area contributed by atoms with Crippen molar-refractivity contribution in [1.29, 1.82) is 0 Å². The van der Waals surface area contributed by atoms with E-state index in [-0.39, 0.29) is 18.1 Å². The molecule has 0 unspecified atom stereocenters. The third-order valence-electron chi connectivity index (χ3n) is 6.24. The maximum atomic E-state index is 14.1. The van der Waals surface area contributed by atoms with Crippen LogP contribution in [0.5, 0.6) is 5.75 Å². The largest absolute Gasteiger partial charge is 0.481 e. The number of carbonyl (C=O) groups is 1. The minimum absolute atomic E-state index is 0.0565. The van der Waals surface area contributed by atoms with E-state index in [0.29, 0.717) is 43.5 Å². The molecule has 3 aromatic rings. The number of piperazine rings is 1. The van der Waals surface area contributed by atoms with Gasteiger partial charge in [0, 0.05) is 43.3 Å². The number of para-hydroxylation sites is 1.